The third-order valence-corrected chi connectivity index (χ3v) is 4.46. The van der Waals surface area contributed by atoms with Gasteiger partial charge in [-0.1, -0.05) is 66.7 Å². The van der Waals surface area contributed by atoms with Crippen molar-refractivity contribution in [3.05, 3.63) is 77.9 Å². The van der Waals surface area contributed by atoms with Crippen molar-refractivity contribution in [1.29, 1.82) is 0 Å². The maximum absolute atomic E-state index is 9.31. The highest BCUT2D eigenvalue weighted by Gasteiger charge is 2.32. The highest BCUT2D eigenvalue weighted by atomic mass is 16.5. The highest BCUT2D eigenvalue weighted by Crippen LogP contribution is 2.25. The molecular formula is C20H23NO2. The lowest BCUT2D eigenvalue weighted by molar-refractivity contribution is -0.132. The molecule has 3 nitrogen and oxygen atoms in total. The summed E-state index contributed by atoms with van der Waals surface area (Å²) in [5, 5.41) is 18.6. The molecule has 1 unspecified atom stereocenters. The first-order valence-corrected chi connectivity index (χ1v) is 8.17. The fourth-order valence-electron chi connectivity index (χ4n) is 3.09. The van der Waals surface area contributed by atoms with Gasteiger partial charge in [0.2, 0.25) is 0 Å². The van der Waals surface area contributed by atoms with Crippen molar-refractivity contribution in [2.75, 3.05) is 13.1 Å². The minimum absolute atomic E-state index is 0.0969. The van der Waals surface area contributed by atoms with Crippen LogP contribution in [0.1, 0.15) is 24.0 Å². The number of rotatable bonds is 6. The highest BCUT2D eigenvalue weighted by molar-refractivity contribution is 5.79. The van der Waals surface area contributed by atoms with E-state index in [-0.39, 0.29) is 6.04 Å². The van der Waals surface area contributed by atoms with Crippen LogP contribution in [-0.4, -0.2) is 40.5 Å². The van der Waals surface area contributed by atoms with E-state index in [1.54, 1.807) is 0 Å². The Balaban J connectivity index is 1.74. The van der Waals surface area contributed by atoms with E-state index in [0.717, 1.165) is 25.9 Å². The van der Waals surface area contributed by atoms with Gasteiger partial charge in [-0.05, 0) is 29.5 Å². The lowest BCUT2D eigenvalue weighted by Crippen LogP contribution is -2.54. The van der Waals surface area contributed by atoms with Crippen molar-refractivity contribution in [2.24, 2.45) is 0 Å². The first kappa shape index (κ1) is 15.9. The molecule has 0 aliphatic carbocycles. The van der Waals surface area contributed by atoms with Gasteiger partial charge in [-0.15, -0.1) is 0 Å². The molecule has 23 heavy (non-hydrogen) atoms. The molecule has 2 aromatic carbocycles. The minimum Gasteiger partial charge on any atom is -0.367 e. The second-order valence-electron chi connectivity index (χ2n) is 5.94. The molecular weight excluding hydrogens is 286 g/mol. The molecule has 0 amide bonds. The number of hydrogen-bond acceptors (Lipinski definition) is 3. The molecule has 2 N–H and O–H groups in total. The third-order valence-electron chi connectivity index (χ3n) is 4.46. The molecule has 0 spiro atoms. The van der Waals surface area contributed by atoms with Crippen molar-refractivity contribution < 1.29 is 10.2 Å². The average Bonchev–Trinajstić information content (AvgIpc) is 2.55. The molecule has 1 saturated heterocycles. The molecule has 0 aromatic heterocycles. The molecule has 1 aliphatic rings. The summed E-state index contributed by atoms with van der Waals surface area (Å²) in [5.74, 6) is 0. The lowest BCUT2D eigenvalue weighted by Gasteiger charge is -2.41. The van der Waals surface area contributed by atoms with E-state index in [0.29, 0.717) is 0 Å². The zero-order valence-electron chi connectivity index (χ0n) is 13.2. The smallest absolute Gasteiger partial charge is 0.167 e. The molecule has 1 heterocycles. The first-order valence-electron chi connectivity index (χ1n) is 8.17. The Morgan fingerprint density at radius 3 is 2.00 bits per heavy atom. The van der Waals surface area contributed by atoms with Gasteiger partial charge < -0.3 is 10.2 Å². The number of likely N-dealkylation sites (tertiary alicyclic amines) is 1. The minimum atomic E-state index is -1.23. The maximum Gasteiger partial charge on any atom is 0.167 e. The van der Waals surface area contributed by atoms with E-state index < -0.39 is 6.29 Å². The van der Waals surface area contributed by atoms with E-state index in [4.69, 9.17) is 0 Å². The van der Waals surface area contributed by atoms with Gasteiger partial charge in [0.25, 0.3) is 0 Å². The number of aliphatic hydroxyl groups is 2. The number of benzene rings is 2. The Kier molecular flexibility index (Phi) is 5.23. The van der Waals surface area contributed by atoms with Crippen molar-refractivity contribution in [1.82, 2.24) is 4.90 Å². The van der Waals surface area contributed by atoms with E-state index in [1.165, 1.54) is 16.7 Å². The van der Waals surface area contributed by atoms with Crippen LogP contribution >= 0.6 is 0 Å². The van der Waals surface area contributed by atoms with Crippen molar-refractivity contribution >= 4 is 5.57 Å². The van der Waals surface area contributed by atoms with Crippen molar-refractivity contribution in [2.45, 2.75) is 25.2 Å². The van der Waals surface area contributed by atoms with Gasteiger partial charge in [0.05, 0.1) is 6.04 Å². The van der Waals surface area contributed by atoms with Gasteiger partial charge in [-0.25, -0.2) is 0 Å². The van der Waals surface area contributed by atoms with Gasteiger partial charge in [-0.2, -0.15) is 0 Å². The van der Waals surface area contributed by atoms with Crippen LogP contribution in [0.25, 0.3) is 5.57 Å². The Morgan fingerprint density at radius 2 is 1.57 bits per heavy atom. The number of aliphatic hydroxyl groups excluding tert-OH is 1. The van der Waals surface area contributed by atoms with E-state index >= 15 is 0 Å². The molecule has 1 fully saturated rings. The van der Waals surface area contributed by atoms with Gasteiger partial charge in [0, 0.05) is 13.1 Å². The van der Waals surface area contributed by atoms with Crippen LogP contribution in [0.5, 0.6) is 0 Å². The van der Waals surface area contributed by atoms with Gasteiger partial charge in [0.15, 0.2) is 6.29 Å². The van der Waals surface area contributed by atoms with Crippen LogP contribution in [0.2, 0.25) is 0 Å². The molecule has 2 aromatic rings. The maximum atomic E-state index is 9.31. The largest absolute Gasteiger partial charge is 0.367 e. The van der Waals surface area contributed by atoms with E-state index in [9.17, 15) is 10.2 Å². The zero-order valence-corrected chi connectivity index (χ0v) is 13.2. The summed E-state index contributed by atoms with van der Waals surface area (Å²) in [6.45, 7) is 1.80. The van der Waals surface area contributed by atoms with Crippen LogP contribution in [0.4, 0.5) is 0 Å². The summed E-state index contributed by atoms with van der Waals surface area (Å²) >= 11 is 0. The summed E-state index contributed by atoms with van der Waals surface area (Å²) in [7, 11) is 0. The zero-order chi connectivity index (χ0) is 16.1. The monoisotopic (exact) mass is 309 g/mol. The number of hydrogen-bond donors (Lipinski definition) is 2. The van der Waals surface area contributed by atoms with Crippen molar-refractivity contribution in [3.8, 4) is 0 Å². The Labute approximate surface area is 137 Å². The number of nitrogens with zero attached hydrogens (tertiary/aromatic N) is 1. The summed E-state index contributed by atoms with van der Waals surface area (Å²) in [4.78, 5) is 2.13. The predicted molar refractivity (Wildman–Crippen MR) is 92.8 cm³/mol. The van der Waals surface area contributed by atoms with Crippen LogP contribution in [0, 0.1) is 0 Å². The summed E-state index contributed by atoms with van der Waals surface area (Å²) < 4.78 is 0. The predicted octanol–water partition coefficient (Wildman–Crippen LogP) is 2.89. The fourth-order valence-corrected chi connectivity index (χ4v) is 3.09. The summed E-state index contributed by atoms with van der Waals surface area (Å²) in [6.07, 6.45) is 2.79. The molecule has 0 saturated carbocycles. The van der Waals surface area contributed by atoms with Gasteiger partial charge in [-0.3, -0.25) is 4.90 Å². The molecule has 1 atom stereocenters. The van der Waals surface area contributed by atoms with Crippen LogP contribution in [0.15, 0.2) is 66.7 Å². The van der Waals surface area contributed by atoms with E-state index in [2.05, 4.69) is 59.5 Å². The lowest BCUT2D eigenvalue weighted by atomic mass is 9.96. The molecule has 0 radical (unpaired) electrons. The third kappa shape index (κ3) is 3.88. The SMILES string of the molecule is OC(O)C1CCN1CCC=C(c1ccccc1)c1ccccc1. The van der Waals surface area contributed by atoms with Crippen LogP contribution < -0.4 is 0 Å². The summed E-state index contributed by atoms with van der Waals surface area (Å²) in [6, 6.07) is 20.7. The Bertz CT molecular complexity index is 596. The first-order chi connectivity index (χ1) is 11.3. The Hall–Kier alpha value is -1.94. The second kappa shape index (κ2) is 7.55. The van der Waals surface area contributed by atoms with Crippen LogP contribution in [-0.2, 0) is 0 Å². The average molecular weight is 309 g/mol. The van der Waals surface area contributed by atoms with E-state index in [1.807, 2.05) is 12.1 Å². The quantitative estimate of drug-likeness (QED) is 0.807. The van der Waals surface area contributed by atoms with Crippen molar-refractivity contribution in [3.63, 3.8) is 0 Å². The topological polar surface area (TPSA) is 43.7 Å². The van der Waals surface area contributed by atoms with Crippen LogP contribution in [0.3, 0.4) is 0 Å². The molecule has 1 aliphatic heterocycles. The second-order valence-corrected chi connectivity index (χ2v) is 5.94. The molecule has 3 rings (SSSR count). The standard InChI is InChI=1S/C20H23NO2/c22-20(23)19-13-15-21(19)14-7-12-18(16-8-3-1-4-9-16)17-10-5-2-6-11-17/h1-6,8-12,19-20,22-23H,7,13-15H2. The molecule has 120 valence electrons. The molecule has 3 heteroatoms. The fraction of sp³-hybridized carbons (Fsp3) is 0.300. The summed E-state index contributed by atoms with van der Waals surface area (Å²) in [5.41, 5.74) is 3.65. The van der Waals surface area contributed by atoms with Gasteiger partial charge in [0.1, 0.15) is 0 Å². The molecule has 0 bridgehead atoms. The van der Waals surface area contributed by atoms with Gasteiger partial charge >= 0.3 is 0 Å². The normalized spacial score (nSPS) is 17.8. The Morgan fingerprint density at radius 1 is 1.00 bits per heavy atom.